The highest BCUT2D eigenvalue weighted by atomic mass is 19.4. The van der Waals surface area contributed by atoms with Gasteiger partial charge in [0, 0.05) is 54.7 Å². The van der Waals surface area contributed by atoms with E-state index in [1.54, 1.807) is 35.2 Å². The molecular formula is C36H35F5N4O4. The predicted molar refractivity (Wildman–Crippen MR) is 172 cm³/mol. The number of carbonyl (C=O) groups is 1. The number of carbonyl (C=O) groups excluding carboxylic acids is 1. The first-order valence-corrected chi connectivity index (χ1v) is 16.1. The Kier molecular flexibility index (Phi) is 9.47. The van der Waals surface area contributed by atoms with Gasteiger partial charge in [0.05, 0.1) is 24.2 Å². The van der Waals surface area contributed by atoms with E-state index in [1.807, 2.05) is 0 Å². The number of halogens is 5. The summed E-state index contributed by atoms with van der Waals surface area (Å²) in [5.41, 5.74) is 2.17. The summed E-state index contributed by atoms with van der Waals surface area (Å²) >= 11 is 0. The lowest BCUT2D eigenvalue weighted by Crippen LogP contribution is -2.44. The summed E-state index contributed by atoms with van der Waals surface area (Å²) in [4.78, 5) is 42.2. The number of nitrogens with zero attached hydrogens (tertiary/aromatic N) is 3. The fraction of sp³-hybridized carbons (Fsp3) is 0.361. The average Bonchev–Trinajstić information content (AvgIpc) is 3.93. The van der Waals surface area contributed by atoms with Crippen LogP contribution in [-0.2, 0) is 24.1 Å². The van der Waals surface area contributed by atoms with Crippen molar-refractivity contribution >= 4 is 5.91 Å². The zero-order valence-electron chi connectivity index (χ0n) is 26.7. The summed E-state index contributed by atoms with van der Waals surface area (Å²) in [6.45, 7) is 0.943. The maximum Gasteiger partial charge on any atom is 0.416 e. The van der Waals surface area contributed by atoms with Crippen LogP contribution in [0.2, 0.25) is 0 Å². The molecule has 1 aliphatic heterocycles. The summed E-state index contributed by atoms with van der Waals surface area (Å²) in [6.07, 6.45) is -2.62. The molecule has 0 spiro atoms. The minimum absolute atomic E-state index is 0.0860. The Morgan fingerprint density at radius 1 is 0.918 bits per heavy atom. The van der Waals surface area contributed by atoms with Crippen molar-refractivity contribution in [3.8, 4) is 16.9 Å². The van der Waals surface area contributed by atoms with Crippen molar-refractivity contribution in [3.63, 3.8) is 0 Å². The zero-order chi connectivity index (χ0) is 35.0. The lowest BCUT2D eigenvalue weighted by Gasteiger charge is -2.32. The standard InChI is InChI=1S/C36H35F5N4O4/c1-21-31(25-9-5-12-30(32(25)38)49-24-15-17-43(18-16-24)33(46)23-13-14-23)34(47)45(20-29(42)22-7-3-2-4-8-22)35(48)44(21)19-26-27(36(39,40)41)10-6-11-28(26)37/h2-12,23-24,29H,13-20,42H2,1H3/t29-/m0/s1. The highest BCUT2D eigenvalue weighted by molar-refractivity contribution is 5.81. The van der Waals surface area contributed by atoms with E-state index >= 15 is 8.78 Å². The minimum Gasteiger partial charge on any atom is -0.487 e. The second-order valence-electron chi connectivity index (χ2n) is 12.6. The van der Waals surface area contributed by atoms with Gasteiger partial charge < -0.3 is 15.4 Å². The van der Waals surface area contributed by atoms with Crippen molar-refractivity contribution < 1.29 is 31.5 Å². The van der Waals surface area contributed by atoms with Crippen molar-refractivity contribution in [1.82, 2.24) is 14.0 Å². The number of nitrogens with two attached hydrogens (primary N) is 1. The molecule has 49 heavy (non-hydrogen) atoms. The Bertz CT molecular complexity index is 1980. The van der Waals surface area contributed by atoms with Gasteiger partial charge in [-0.15, -0.1) is 0 Å². The fourth-order valence-corrected chi connectivity index (χ4v) is 6.36. The molecule has 4 aromatic rings. The van der Waals surface area contributed by atoms with Crippen LogP contribution in [0, 0.1) is 24.5 Å². The second-order valence-corrected chi connectivity index (χ2v) is 12.6. The van der Waals surface area contributed by atoms with E-state index in [9.17, 15) is 27.6 Å². The number of alkyl halides is 3. The molecule has 0 bridgehead atoms. The maximum absolute atomic E-state index is 16.3. The Balaban J connectivity index is 1.41. The van der Waals surface area contributed by atoms with E-state index in [4.69, 9.17) is 10.5 Å². The quantitative estimate of drug-likeness (QED) is 0.225. The van der Waals surface area contributed by atoms with Crippen LogP contribution < -0.4 is 21.7 Å². The lowest BCUT2D eigenvalue weighted by atomic mass is 10.0. The van der Waals surface area contributed by atoms with Crippen LogP contribution in [0.4, 0.5) is 22.0 Å². The number of hydrogen-bond acceptors (Lipinski definition) is 5. The first kappa shape index (κ1) is 34.1. The largest absolute Gasteiger partial charge is 0.487 e. The molecular weight excluding hydrogens is 647 g/mol. The number of amides is 1. The van der Waals surface area contributed by atoms with E-state index in [1.165, 1.54) is 25.1 Å². The smallest absolute Gasteiger partial charge is 0.416 e. The predicted octanol–water partition coefficient (Wildman–Crippen LogP) is 5.81. The summed E-state index contributed by atoms with van der Waals surface area (Å²) in [7, 11) is 0. The average molecular weight is 683 g/mol. The molecule has 1 saturated carbocycles. The van der Waals surface area contributed by atoms with E-state index in [0.29, 0.717) is 37.6 Å². The lowest BCUT2D eigenvalue weighted by molar-refractivity contribution is -0.138. The molecule has 1 atom stereocenters. The topological polar surface area (TPSA) is 99.6 Å². The normalized spacial score (nSPS) is 16.1. The van der Waals surface area contributed by atoms with Gasteiger partial charge in [-0.05, 0) is 43.5 Å². The molecule has 0 unspecified atom stereocenters. The molecule has 1 saturated heterocycles. The first-order valence-electron chi connectivity index (χ1n) is 16.1. The second kappa shape index (κ2) is 13.6. The number of aromatic nitrogens is 2. The molecule has 1 aromatic heterocycles. The van der Waals surface area contributed by atoms with Gasteiger partial charge in [0.25, 0.3) is 5.56 Å². The van der Waals surface area contributed by atoms with Crippen molar-refractivity contribution in [2.24, 2.45) is 11.7 Å². The van der Waals surface area contributed by atoms with E-state index in [-0.39, 0.29) is 34.4 Å². The molecule has 2 fully saturated rings. The van der Waals surface area contributed by atoms with Crippen LogP contribution in [-0.4, -0.2) is 39.1 Å². The molecule has 258 valence electrons. The Morgan fingerprint density at radius 2 is 1.59 bits per heavy atom. The Morgan fingerprint density at radius 3 is 2.24 bits per heavy atom. The van der Waals surface area contributed by atoms with Gasteiger partial charge in [0.2, 0.25) is 5.91 Å². The van der Waals surface area contributed by atoms with Gasteiger partial charge in [-0.3, -0.25) is 18.7 Å². The van der Waals surface area contributed by atoms with Crippen LogP contribution in [0.5, 0.6) is 5.75 Å². The third-order valence-electron chi connectivity index (χ3n) is 9.24. The van der Waals surface area contributed by atoms with Crippen LogP contribution in [0.3, 0.4) is 0 Å². The third-order valence-corrected chi connectivity index (χ3v) is 9.24. The van der Waals surface area contributed by atoms with Gasteiger partial charge in [-0.2, -0.15) is 13.2 Å². The molecule has 1 aliphatic carbocycles. The van der Waals surface area contributed by atoms with E-state index < -0.39 is 65.4 Å². The molecule has 0 radical (unpaired) electrons. The molecule has 6 rings (SSSR count). The Labute approximate surface area is 278 Å². The van der Waals surface area contributed by atoms with Crippen LogP contribution in [0.25, 0.3) is 11.1 Å². The third kappa shape index (κ3) is 7.03. The van der Waals surface area contributed by atoms with Crippen LogP contribution in [0.15, 0.2) is 76.3 Å². The molecule has 2 aliphatic rings. The summed E-state index contributed by atoms with van der Waals surface area (Å²) in [5, 5.41) is 0. The number of benzene rings is 3. The highest BCUT2D eigenvalue weighted by Crippen LogP contribution is 2.35. The molecule has 2 N–H and O–H groups in total. The van der Waals surface area contributed by atoms with Gasteiger partial charge >= 0.3 is 11.9 Å². The molecule has 3 aromatic carbocycles. The molecule has 13 heteroatoms. The summed E-state index contributed by atoms with van der Waals surface area (Å²) < 4.78 is 80.8. The number of likely N-dealkylation sites (tertiary alicyclic amines) is 1. The number of piperidine rings is 1. The molecule has 2 heterocycles. The molecule has 1 amide bonds. The van der Waals surface area contributed by atoms with Gasteiger partial charge in [-0.25, -0.2) is 13.6 Å². The van der Waals surface area contributed by atoms with Crippen molar-refractivity contribution in [3.05, 3.63) is 122 Å². The van der Waals surface area contributed by atoms with E-state index in [2.05, 4.69) is 0 Å². The van der Waals surface area contributed by atoms with Gasteiger partial charge in [0.1, 0.15) is 11.9 Å². The van der Waals surface area contributed by atoms with E-state index in [0.717, 1.165) is 34.1 Å². The van der Waals surface area contributed by atoms with Crippen LogP contribution >= 0.6 is 0 Å². The first-order chi connectivity index (χ1) is 23.3. The monoisotopic (exact) mass is 682 g/mol. The van der Waals surface area contributed by atoms with Crippen molar-refractivity contribution in [1.29, 1.82) is 0 Å². The zero-order valence-corrected chi connectivity index (χ0v) is 26.7. The highest BCUT2D eigenvalue weighted by Gasteiger charge is 2.36. The van der Waals surface area contributed by atoms with Gasteiger partial charge in [0.15, 0.2) is 11.6 Å². The summed E-state index contributed by atoms with van der Waals surface area (Å²) in [5.74, 6) is -2.07. The van der Waals surface area contributed by atoms with Gasteiger partial charge in [-0.1, -0.05) is 48.5 Å². The Hall–Kier alpha value is -4.78. The fourth-order valence-electron chi connectivity index (χ4n) is 6.36. The number of rotatable bonds is 9. The number of hydrogen-bond donors (Lipinski definition) is 1. The summed E-state index contributed by atoms with van der Waals surface area (Å²) in [6, 6.07) is 14.3. The van der Waals surface area contributed by atoms with Crippen molar-refractivity contribution in [2.45, 2.75) is 64.0 Å². The maximum atomic E-state index is 16.3. The van der Waals surface area contributed by atoms with Crippen LogP contribution in [0.1, 0.15) is 54.1 Å². The van der Waals surface area contributed by atoms with Crippen molar-refractivity contribution in [2.75, 3.05) is 13.1 Å². The minimum atomic E-state index is -4.94. The number of ether oxygens (including phenoxy) is 1. The SMILES string of the molecule is Cc1c(-c2cccc(OC3CCN(C(=O)C4CC4)CC3)c2F)c(=O)n(C[C@H](N)c2ccccc2)c(=O)n1Cc1c(F)cccc1C(F)(F)F. The molecule has 8 nitrogen and oxygen atoms in total.